The molecule has 0 aliphatic rings. The summed E-state index contributed by atoms with van der Waals surface area (Å²) in [6.07, 6.45) is 1.91. The van der Waals surface area contributed by atoms with Gasteiger partial charge in [-0.05, 0) is 12.1 Å². The average Bonchev–Trinajstić information content (AvgIpc) is 2.06. The van der Waals surface area contributed by atoms with Gasteiger partial charge in [0.1, 0.15) is 5.75 Å². The Labute approximate surface area is 72.1 Å². The van der Waals surface area contributed by atoms with Crippen LogP contribution in [0.4, 0.5) is 0 Å². The smallest absolute Gasteiger partial charge is 0.277 e. The molecule has 0 atom stereocenters. The molecule has 1 N–H and O–H groups in total. The van der Waals surface area contributed by atoms with Crippen LogP contribution in [0.5, 0.6) is 5.75 Å². The Morgan fingerprint density at radius 3 is 2.67 bits per heavy atom. The van der Waals surface area contributed by atoms with Gasteiger partial charge in [0.25, 0.3) is 6.29 Å². The van der Waals surface area contributed by atoms with E-state index in [0.29, 0.717) is 12.2 Å². The van der Waals surface area contributed by atoms with Crippen molar-refractivity contribution < 1.29 is 9.84 Å². The maximum Gasteiger partial charge on any atom is 0.277 e. The highest BCUT2D eigenvalue weighted by Gasteiger charge is 2.03. The van der Waals surface area contributed by atoms with E-state index in [9.17, 15) is 0 Å². The molecular formula is C10H11O2. The zero-order chi connectivity index (χ0) is 8.81. The van der Waals surface area contributed by atoms with E-state index in [1.54, 1.807) is 18.2 Å². The lowest BCUT2D eigenvalue weighted by molar-refractivity contribution is 0.102. The molecule has 1 radical (unpaired) electrons. The van der Waals surface area contributed by atoms with Crippen molar-refractivity contribution in [3.05, 3.63) is 49.3 Å². The van der Waals surface area contributed by atoms with Crippen LogP contribution in [-0.4, -0.2) is 5.11 Å². The van der Waals surface area contributed by atoms with Gasteiger partial charge in [-0.15, -0.1) is 6.58 Å². The van der Waals surface area contributed by atoms with Crippen LogP contribution in [0.3, 0.4) is 0 Å². The van der Waals surface area contributed by atoms with Crippen molar-refractivity contribution in [2.75, 3.05) is 0 Å². The lowest BCUT2D eigenvalue weighted by Crippen LogP contribution is -2.03. The number of hydrogen-bond acceptors (Lipinski definition) is 2. The fraction of sp³-hybridized carbons (Fsp3) is 0.100. The molecule has 2 heteroatoms. The third-order valence-corrected chi connectivity index (χ3v) is 1.30. The number of ether oxygens (including phenoxy) is 1. The third-order valence-electron chi connectivity index (χ3n) is 1.30. The summed E-state index contributed by atoms with van der Waals surface area (Å²) >= 11 is 0. The molecule has 0 spiro atoms. The molecule has 0 saturated carbocycles. The van der Waals surface area contributed by atoms with Gasteiger partial charge in [0.2, 0.25) is 0 Å². The van der Waals surface area contributed by atoms with Crippen LogP contribution in [0.15, 0.2) is 43.0 Å². The van der Waals surface area contributed by atoms with Gasteiger partial charge in [0, 0.05) is 6.42 Å². The monoisotopic (exact) mass is 163 g/mol. The summed E-state index contributed by atoms with van der Waals surface area (Å²) in [6, 6.07) is 9.13. The summed E-state index contributed by atoms with van der Waals surface area (Å²) in [6.45, 7) is 3.48. The second-order valence-corrected chi connectivity index (χ2v) is 2.30. The molecule has 0 unspecified atom stereocenters. The number of aliphatic hydroxyl groups excluding tert-OH is 1. The first kappa shape index (κ1) is 8.81. The van der Waals surface area contributed by atoms with Gasteiger partial charge < -0.3 is 9.84 Å². The molecule has 0 saturated heterocycles. The minimum absolute atomic E-state index is 0.0313. The summed E-state index contributed by atoms with van der Waals surface area (Å²) in [5.41, 5.74) is 0. The number of rotatable bonds is 4. The van der Waals surface area contributed by atoms with Crippen molar-refractivity contribution in [2.45, 2.75) is 6.42 Å². The first-order valence-corrected chi connectivity index (χ1v) is 3.71. The van der Waals surface area contributed by atoms with Crippen LogP contribution in [0.25, 0.3) is 0 Å². The molecule has 63 valence electrons. The molecule has 0 aliphatic carbocycles. The Morgan fingerprint density at radius 1 is 1.42 bits per heavy atom. The van der Waals surface area contributed by atoms with Crippen LogP contribution in [0.1, 0.15) is 6.42 Å². The summed E-state index contributed by atoms with van der Waals surface area (Å²) in [4.78, 5) is 0. The Kier molecular flexibility index (Phi) is 3.35. The van der Waals surface area contributed by atoms with Crippen molar-refractivity contribution >= 4 is 0 Å². The van der Waals surface area contributed by atoms with Crippen molar-refractivity contribution in [3.8, 4) is 5.75 Å². The first-order valence-electron chi connectivity index (χ1n) is 3.71. The summed E-state index contributed by atoms with van der Waals surface area (Å²) in [5.74, 6) is 0.636. The zero-order valence-corrected chi connectivity index (χ0v) is 6.73. The molecular weight excluding hydrogens is 152 g/mol. The molecule has 0 amide bonds. The normalized spacial score (nSPS) is 9.83. The van der Waals surface area contributed by atoms with E-state index in [0.717, 1.165) is 0 Å². The number of para-hydroxylation sites is 1. The minimum atomic E-state index is -0.0313. The van der Waals surface area contributed by atoms with Crippen molar-refractivity contribution in [3.63, 3.8) is 0 Å². The number of hydrogen-bond donors (Lipinski definition) is 1. The molecule has 0 fully saturated rings. The van der Waals surface area contributed by atoms with Crippen LogP contribution in [0, 0.1) is 6.29 Å². The fourth-order valence-corrected chi connectivity index (χ4v) is 0.790. The zero-order valence-electron chi connectivity index (χ0n) is 6.73. The van der Waals surface area contributed by atoms with E-state index in [4.69, 9.17) is 9.84 Å². The van der Waals surface area contributed by atoms with Crippen LogP contribution in [-0.2, 0) is 0 Å². The average molecular weight is 163 g/mol. The van der Waals surface area contributed by atoms with Gasteiger partial charge in [-0.25, -0.2) is 0 Å². The van der Waals surface area contributed by atoms with Gasteiger partial charge in [0.05, 0.1) is 0 Å². The van der Waals surface area contributed by atoms with E-state index in [-0.39, 0.29) is 6.29 Å². The summed E-state index contributed by atoms with van der Waals surface area (Å²) in [5, 5.41) is 9.13. The lowest BCUT2D eigenvalue weighted by atomic mass is 10.3. The quantitative estimate of drug-likeness (QED) is 0.691. The molecule has 1 aromatic rings. The van der Waals surface area contributed by atoms with Gasteiger partial charge in [-0.3, -0.25) is 0 Å². The number of benzene rings is 1. The van der Waals surface area contributed by atoms with Crippen molar-refractivity contribution in [1.29, 1.82) is 0 Å². The lowest BCUT2D eigenvalue weighted by Gasteiger charge is -2.08. The molecule has 2 nitrogen and oxygen atoms in total. The molecule has 0 heterocycles. The fourth-order valence-electron chi connectivity index (χ4n) is 0.790. The van der Waals surface area contributed by atoms with Crippen LogP contribution >= 0.6 is 0 Å². The molecule has 1 aromatic carbocycles. The third kappa shape index (κ3) is 2.76. The Balaban J connectivity index is 2.46. The predicted molar refractivity (Wildman–Crippen MR) is 47.1 cm³/mol. The SMILES string of the molecule is C=CC[C](O)Oc1ccccc1. The van der Waals surface area contributed by atoms with E-state index >= 15 is 0 Å². The van der Waals surface area contributed by atoms with Gasteiger partial charge in [-0.2, -0.15) is 0 Å². The molecule has 0 aromatic heterocycles. The highest BCUT2D eigenvalue weighted by molar-refractivity contribution is 5.21. The van der Waals surface area contributed by atoms with E-state index in [1.807, 2.05) is 18.2 Å². The molecule has 0 aliphatic heterocycles. The molecule has 0 bridgehead atoms. The highest BCUT2D eigenvalue weighted by atomic mass is 16.6. The maximum absolute atomic E-state index is 9.13. The standard InChI is InChI=1S/C10H11O2/c1-2-6-10(11)12-9-7-4-3-5-8-9/h2-5,7-8,11H,1,6H2. The highest BCUT2D eigenvalue weighted by Crippen LogP contribution is 2.14. The second-order valence-electron chi connectivity index (χ2n) is 2.30. The minimum Gasteiger partial charge on any atom is -0.455 e. The molecule has 12 heavy (non-hydrogen) atoms. The van der Waals surface area contributed by atoms with E-state index < -0.39 is 0 Å². The second kappa shape index (κ2) is 4.57. The van der Waals surface area contributed by atoms with Gasteiger partial charge >= 0.3 is 0 Å². The van der Waals surface area contributed by atoms with Crippen LogP contribution in [0.2, 0.25) is 0 Å². The summed E-state index contributed by atoms with van der Waals surface area (Å²) < 4.78 is 5.06. The maximum atomic E-state index is 9.13. The number of aliphatic hydroxyl groups is 1. The Bertz CT molecular complexity index is 231. The largest absolute Gasteiger partial charge is 0.455 e. The van der Waals surface area contributed by atoms with Gasteiger partial charge in [0.15, 0.2) is 0 Å². The van der Waals surface area contributed by atoms with E-state index in [2.05, 4.69) is 6.58 Å². The van der Waals surface area contributed by atoms with E-state index in [1.165, 1.54) is 0 Å². The summed E-state index contributed by atoms with van der Waals surface area (Å²) in [7, 11) is 0. The Hall–Kier alpha value is -1.28. The van der Waals surface area contributed by atoms with Crippen molar-refractivity contribution in [1.82, 2.24) is 0 Å². The topological polar surface area (TPSA) is 29.5 Å². The van der Waals surface area contributed by atoms with Crippen molar-refractivity contribution in [2.24, 2.45) is 0 Å². The molecule has 1 rings (SSSR count). The first-order chi connectivity index (χ1) is 5.83. The Morgan fingerprint density at radius 2 is 2.08 bits per heavy atom. The predicted octanol–water partition coefficient (Wildman–Crippen LogP) is 2.50. The van der Waals surface area contributed by atoms with Gasteiger partial charge in [-0.1, -0.05) is 24.3 Å². The van der Waals surface area contributed by atoms with Crippen LogP contribution < -0.4 is 4.74 Å².